The summed E-state index contributed by atoms with van der Waals surface area (Å²) in [7, 11) is 0. The van der Waals surface area contributed by atoms with Gasteiger partial charge in [-0.3, -0.25) is 4.79 Å². The lowest BCUT2D eigenvalue weighted by molar-refractivity contribution is -0.139. The Morgan fingerprint density at radius 1 is 1.38 bits per heavy atom. The Hall–Kier alpha value is -1.83. The van der Waals surface area contributed by atoms with Gasteiger partial charge in [-0.15, -0.1) is 0 Å². The molecular weight excluding hydrogens is 278 g/mol. The molecule has 2 unspecified atom stereocenters. The van der Waals surface area contributed by atoms with Crippen LogP contribution in [0.25, 0.3) is 0 Å². The van der Waals surface area contributed by atoms with E-state index in [1.54, 1.807) is 6.92 Å². The highest BCUT2D eigenvalue weighted by molar-refractivity contribution is 5.89. The van der Waals surface area contributed by atoms with Crippen LogP contribution in [0.1, 0.15) is 26.7 Å². The number of nitrogens with one attached hydrogen (secondary N) is 2. The fraction of sp³-hybridized carbons (Fsp3) is 0.769. The van der Waals surface area contributed by atoms with Crippen molar-refractivity contribution < 1.29 is 24.2 Å². The first kappa shape index (κ1) is 17.2. The number of aliphatic carboxylic acids is 1. The molecule has 0 aliphatic carbocycles. The summed E-state index contributed by atoms with van der Waals surface area (Å²) in [5, 5.41) is 14.1. The van der Waals surface area contributed by atoms with Crippen LogP contribution >= 0.6 is 0 Å². The van der Waals surface area contributed by atoms with Crippen LogP contribution in [0, 0.1) is 0 Å². The Balaban J connectivity index is 2.69. The lowest BCUT2D eigenvalue weighted by Gasteiger charge is -2.35. The van der Waals surface area contributed by atoms with E-state index in [1.165, 1.54) is 4.90 Å². The molecule has 1 aliphatic rings. The van der Waals surface area contributed by atoms with E-state index in [9.17, 15) is 14.4 Å². The molecule has 0 aromatic rings. The third-order valence-electron chi connectivity index (χ3n) is 3.25. The van der Waals surface area contributed by atoms with Crippen LogP contribution in [0.5, 0.6) is 0 Å². The maximum atomic E-state index is 12.2. The fourth-order valence-corrected chi connectivity index (χ4v) is 2.00. The van der Waals surface area contributed by atoms with Gasteiger partial charge in [-0.05, 0) is 12.8 Å². The standard InChI is InChI=1S/C13H23N3O5/c1-3-5-14-11(17)10-8-21-7-6-16(10)13(20)15-9(4-2)12(18)19/h9-10H,3-8H2,1-2H3,(H,14,17)(H,15,20)(H,18,19). The Morgan fingerprint density at radius 2 is 2.10 bits per heavy atom. The third-order valence-corrected chi connectivity index (χ3v) is 3.25. The molecule has 1 rings (SSSR count). The number of amides is 3. The van der Waals surface area contributed by atoms with E-state index in [2.05, 4.69) is 10.6 Å². The summed E-state index contributed by atoms with van der Waals surface area (Å²) in [6, 6.07) is -2.24. The average molecular weight is 301 g/mol. The SMILES string of the molecule is CCCNC(=O)C1COCCN1C(=O)NC(CC)C(=O)O. The molecule has 1 aliphatic heterocycles. The Kier molecular flexibility index (Phi) is 6.93. The largest absolute Gasteiger partial charge is 0.480 e. The summed E-state index contributed by atoms with van der Waals surface area (Å²) in [6.07, 6.45) is 1.07. The Labute approximate surface area is 123 Å². The normalized spacial score (nSPS) is 19.7. The topological polar surface area (TPSA) is 108 Å². The minimum Gasteiger partial charge on any atom is -0.480 e. The van der Waals surface area contributed by atoms with E-state index in [4.69, 9.17) is 9.84 Å². The lowest BCUT2D eigenvalue weighted by Crippen LogP contribution is -2.60. The Bertz CT molecular complexity index is 388. The molecule has 120 valence electrons. The van der Waals surface area contributed by atoms with Crippen LogP contribution in [-0.2, 0) is 14.3 Å². The second-order valence-electron chi connectivity index (χ2n) is 4.82. The smallest absolute Gasteiger partial charge is 0.326 e. The van der Waals surface area contributed by atoms with E-state index in [-0.39, 0.29) is 25.5 Å². The number of carboxylic acids is 1. The van der Waals surface area contributed by atoms with E-state index < -0.39 is 24.1 Å². The third kappa shape index (κ3) is 4.89. The van der Waals surface area contributed by atoms with Crippen molar-refractivity contribution in [2.45, 2.75) is 38.8 Å². The van der Waals surface area contributed by atoms with Gasteiger partial charge in [-0.25, -0.2) is 9.59 Å². The van der Waals surface area contributed by atoms with Crippen LogP contribution in [0.2, 0.25) is 0 Å². The van der Waals surface area contributed by atoms with Crippen molar-refractivity contribution in [1.82, 2.24) is 15.5 Å². The number of hydrogen-bond donors (Lipinski definition) is 3. The van der Waals surface area contributed by atoms with Crippen molar-refractivity contribution in [3.63, 3.8) is 0 Å². The van der Waals surface area contributed by atoms with Gasteiger partial charge in [0.2, 0.25) is 5.91 Å². The van der Waals surface area contributed by atoms with Gasteiger partial charge >= 0.3 is 12.0 Å². The van der Waals surface area contributed by atoms with E-state index in [0.29, 0.717) is 13.2 Å². The molecule has 0 aromatic heterocycles. The molecule has 1 heterocycles. The second kappa shape index (κ2) is 8.46. The summed E-state index contributed by atoms with van der Waals surface area (Å²) in [5.41, 5.74) is 0. The zero-order valence-electron chi connectivity index (χ0n) is 12.4. The maximum absolute atomic E-state index is 12.2. The monoisotopic (exact) mass is 301 g/mol. The Morgan fingerprint density at radius 3 is 2.67 bits per heavy atom. The predicted molar refractivity (Wildman–Crippen MR) is 74.9 cm³/mol. The van der Waals surface area contributed by atoms with Crippen LogP contribution < -0.4 is 10.6 Å². The molecule has 2 atom stereocenters. The highest BCUT2D eigenvalue weighted by atomic mass is 16.5. The van der Waals surface area contributed by atoms with Crippen molar-refractivity contribution in [3.8, 4) is 0 Å². The second-order valence-corrected chi connectivity index (χ2v) is 4.82. The molecule has 3 N–H and O–H groups in total. The molecule has 0 saturated carbocycles. The molecule has 0 spiro atoms. The van der Waals surface area contributed by atoms with Gasteiger partial charge in [0.25, 0.3) is 0 Å². The van der Waals surface area contributed by atoms with Crippen LogP contribution in [0.4, 0.5) is 4.79 Å². The molecule has 0 aromatic carbocycles. The molecule has 0 radical (unpaired) electrons. The zero-order chi connectivity index (χ0) is 15.8. The summed E-state index contributed by atoms with van der Waals surface area (Å²) < 4.78 is 5.24. The number of morpholine rings is 1. The number of carbonyl (C=O) groups excluding carboxylic acids is 2. The van der Waals surface area contributed by atoms with E-state index in [1.807, 2.05) is 6.92 Å². The van der Waals surface area contributed by atoms with Crippen molar-refractivity contribution in [1.29, 1.82) is 0 Å². The summed E-state index contributed by atoms with van der Waals surface area (Å²) >= 11 is 0. The molecule has 1 fully saturated rings. The quantitative estimate of drug-likeness (QED) is 0.629. The number of carbonyl (C=O) groups is 3. The van der Waals surface area contributed by atoms with Gasteiger partial charge in [0.05, 0.1) is 13.2 Å². The molecule has 21 heavy (non-hydrogen) atoms. The molecule has 8 nitrogen and oxygen atoms in total. The minimum atomic E-state index is -1.09. The van der Waals surface area contributed by atoms with Gasteiger partial charge < -0.3 is 25.4 Å². The van der Waals surface area contributed by atoms with E-state index in [0.717, 1.165) is 6.42 Å². The molecule has 1 saturated heterocycles. The summed E-state index contributed by atoms with van der Waals surface area (Å²) in [4.78, 5) is 36.5. The first-order chi connectivity index (χ1) is 10.0. The van der Waals surface area contributed by atoms with Gasteiger partial charge in [0.1, 0.15) is 12.1 Å². The van der Waals surface area contributed by atoms with Gasteiger partial charge in [0, 0.05) is 13.1 Å². The number of ether oxygens (including phenoxy) is 1. The van der Waals surface area contributed by atoms with Crippen molar-refractivity contribution >= 4 is 17.9 Å². The van der Waals surface area contributed by atoms with Crippen LogP contribution in [0.3, 0.4) is 0 Å². The van der Waals surface area contributed by atoms with E-state index >= 15 is 0 Å². The van der Waals surface area contributed by atoms with Gasteiger partial charge in [-0.2, -0.15) is 0 Å². The first-order valence-electron chi connectivity index (χ1n) is 7.16. The van der Waals surface area contributed by atoms with Crippen molar-refractivity contribution in [2.24, 2.45) is 0 Å². The lowest BCUT2D eigenvalue weighted by atomic mass is 10.2. The van der Waals surface area contributed by atoms with Crippen molar-refractivity contribution in [2.75, 3.05) is 26.3 Å². The summed E-state index contributed by atoms with van der Waals surface area (Å²) in [5.74, 6) is -1.37. The minimum absolute atomic E-state index is 0.118. The van der Waals surface area contributed by atoms with Crippen LogP contribution in [0.15, 0.2) is 0 Å². The molecule has 8 heteroatoms. The van der Waals surface area contributed by atoms with Gasteiger partial charge in [0.15, 0.2) is 0 Å². The van der Waals surface area contributed by atoms with Crippen molar-refractivity contribution in [3.05, 3.63) is 0 Å². The first-order valence-corrected chi connectivity index (χ1v) is 7.16. The fourth-order valence-electron chi connectivity index (χ4n) is 2.00. The number of urea groups is 1. The average Bonchev–Trinajstić information content (AvgIpc) is 2.49. The number of rotatable bonds is 6. The molecular formula is C13H23N3O5. The predicted octanol–water partition coefficient (Wildman–Crippen LogP) is -0.214. The molecule has 0 bridgehead atoms. The zero-order valence-corrected chi connectivity index (χ0v) is 12.4. The highest BCUT2D eigenvalue weighted by Gasteiger charge is 2.34. The maximum Gasteiger partial charge on any atom is 0.326 e. The molecule has 3 amide bonds. The summed E-state index contributed by atoms with van der Waals surface area (Å²) in [6.45, 7) is 4.83. The number of nitrogens with zero attached hydrogens (tertiary/aromatic N) is 1. The number of carboxylic acid groups (broad SMARTS) is 1. The van der Waals surface area contributed by atoms with Gasteiger partial charge in [-0.1, -0.05) is 13.8 Å². The highest BCUT2D eigenvalue weighted by Crippen LogP contribution is 2.08. The number of hydrogen-bond acceptors (Lipinski definition) is 4. The van der Waals surface area contributed by atoms with Crippen LogP contribution in [-0.4, -0.2) is 66.3 Å².